The highest BCUT2D eigenvalue weighted by atomic mass is 19.1. The predicted molar refractivity (Wildman–Crippen MR) is 126 cm³/mol. The third-order valence-corrected chi connectivity index (χ3v) is 7.13. The number of piperazine rings is 1. The Morgan fingerprint density at radius 2 is 1.68 bits per heavy atom. The zero-order chi connectivity index (χ0) is 23.5. The fourth-order valence-corrected chi connectivity index (χ4v) is 4.79. The lowest BCUT2D eigenvalue weighted by Gasteiger charge is -2.37. The van der Waals surface area contributed by atoms with Crippen molar-refractivity contribution in [3.8, 4) is 6.01 Å². The summed E-state index contributed by atoms with van der Waals surface area (Å²) in [5.74, 6) is 0.706. The molecule has 8 nitrogen and oxygen atoms in total. The van der Waals surface area contributed by atoms with Crippen LogP contribution in [-0.2, 0) is 11.4 Å². The SMILES string of the molecule is O=C(C1CC1)N1CCC(COc2ncc(N3CCN(c4cccc(CO)c4F)CC3)cn2)CC1. The summed E-state index contributed by atoms with van der Waals surface area (Å²) in [5.41, 5.74) is 1.78. The maximum absolute atomic E-state index is 14.6. The lowest BCUT2D eigenvalue weighted by atomic mass is 9.97. The molecule has 1 aliphatic carbocycles. The molecule has 3 aliphatic rings. The van der Waals surface area contributed by atoms with Gasteiger partial charge in [-0.3, -0.25) is 4.79 Å². The molecule has 9 heteroatoms. The summed E-state index contributed by atoms with van der Waals surface area (Å²) in [7, 11) is 0. The van der Waals surface area contributed by atoms with Gasteiger partial charge in [0.05, 0.1) is 37.0 Å². The smallest absolute Gasteiger partial charge is 0.316 e. The monoisotopic (exact) mass is 469 g/mol. The van der Waals surface area contributed by atoms with Crippen LogP contribution in [-0.4, -0.2) is 71.8 Å². The summed E-state index contributed by atoms with van der Waals surface area (Å²) in [5, 5.41) is 9.31. The van der Waals surface area contributed by atoms with Gasteiger partial charge in [-0.05, 0) is 37.7 Å². The number of anilines is 2. The Morgan fingerprint density at radius 3 is 2.32 bits per heavy atom. The summed E-state index contributed by atoms with van der Waals surface area (Å²) >= 11 is 0. The minimum Gasteiger partial charge on any atom is -0.463 e. The first-order valence-electron chi connectivity index (χ1n) is 12.2. The number of nitrogens with zero attached hydrogens (tertiary/aromatic N) is 5. The number of hydrogen-bond donors (Lipinski definition) is 1. The van der Waals surface area contributed by atoms with E-state index < -0.39 is 0 Å². The number of likely N-dealkylation sites (tertiary alicyclic amines) is 1. The highest BCUT2D eigenvalue weighted by Crippen LogP contribution is 2.32. The molecule has 2 aliphatic heterocycles. The topological polar surface area (TPSA) is 82.0 Å². The molecule has 2 aromatic rings. The van der Waals surface area contributed by atoms with Crippen LogP contribution in [0.2, 0.25) is 0 Å². The fraction of sp³-hybridized carbons (Fsp3) is 0.560. The largest absolute Gasteiger partial charge is 0.463 e. The van der Waals surface area contributed by atoms with Crippen LogP contribution < -0.4 is 14.5 Å². The summed E-state index contributed by atoms with van der Waals surface area (Å²) in [4.78, 5) is 27.2. The summed E-state index contributed by atoms with van der Waals surface area (Å²) in [6.45, 7) is 4.71. The van der Waals surface area contributed by atoms with Crippen LogP contribution >= 0.6 is 0 Å². The highest BCUT2D eigenvalue weighted by Gasteiger charge is 2.35. The van der Waals surface area contributed by atoms with Crippen molar-refractivity contribution in [2.45, 2.75) is 32.3 Å². The molecule has 0 bridgehead atoms. The Morgan fingerprint density at radius 1 is 1.00 bits per heavy atom. The second-order valence-electron chi connectivity index (χ2n) is 9.46. The van der Waals surface area contributed by atoms with Crippen LogP contribution in [0.5, 0.6) is 6.01 Å². The van der Waals surface area contributed by atoms with Crippen LogP contribution in [0.4, 0.5) is 15.8 Å². The molecule has 0 atom stereocenters. The van der Waals surface area contributed by atoms with Crippen molar-refractivity contribution in [3.63, 3.8) is 0 Å². The van der Waals surface area contributed by atoms with E-state index >= 15 is 0 Å². The van der Waals surface area contributed by atoms with Gasteiger partial charge in [0.25, 0.3) is 0 Å². The molecule has 0 radical (unpaired) electrons. The molecular weight excluding hydrogens is 437 g/mol. The van der Waals surface area contributed by atoms with E-state index in [1.54, 1.807) is 30.6 Å². The number of carbonyl (C=O) groups is 1. The minimum atomic E-state index is -0.344. The number of aliphatic hydroxyl groups excluding tert-OH is 1. The molecular formula is C25H32FN5O3. The molecule has 1 aromatic heterocycles. The Balaban J connectivity index is 1.08. The minimum absolute atomic E-state index is 0.293. The second-order valence-corrected chi connectivity index (χ2v) is 9.46. The number of ether oxygens (including phenoxy) is 1. The van der Waals surface area contributed by atoms with E-state index in [0.717, 1.165) is 57.5 Å². The zero-order valence-corrected chi connectivity index (χ0v) is 19.4. The quantitative estimate of drug-likeness (QED) is 0.667. The van der Waals surface area contributed by atoms with Crippen LogP contribution in [0.3, 0.4) is 0 Å². The molecule has 2 saturated heterocycles. The van der Waals surface area contributed by atoms with Crippen molar-refractivity contribution in [1.29, 1.82) is 0 Å². The average Bonchev–Trinajstić information content (AvgIpc) is 3.74. The molecule has 182 valence electrons. The number of amides is 1. The summed E-state index contributed by atoms with van der Waals surface area (Å²) in [6, 6.07) is 5.52. The van der Waals surface area contributed by atoms with E-state index in [2.05, 4.69) is 14.9 Å². The highest BCUT2D eigenvalue weighted by molar-refractivity contribution is 5.81. The number of rotatable bonds is 7. The van der Waals surface area contributed by atoms with Crippen LogP contribution in [0.1, 0.15) is 31.2 Å². The fourth-order valence-electron chi connectivity index (χ4n) is 4.79. The van der Waals surface area contributed by atoms with Gasteiger partial charge in [-0.2, -0.15) is 0 Å². The number of aromatic nitrogens is 2. The lowest BCUT2D eigenvalue weighted by molar-refractivity contribution is -0.134. The van der Waals surface area contributed by atoms with Crippen molar-refractivity contribution in [3.05, 3.63) is 42.0 Å². The third-order valence-electron chi connectivity index (χ3n) is 7.13. The first-order chi connectivity index (χ1) is 16.6. The van der Waals surface area contributed by atoms with Crippen LogP contribution in [0.25, 0.3) is 0 Å². The molecule has 0 unspecified atom stereocenters. The Kier molecular flexibility index (Phi) is 6.80. The second kappa shape index (κ2) is 10.1. The van der Waals surface area contributed by atoms with Gasteiger partial charge in [0.2, 0.25) is 5.91 Å². The molecule has 3 heterocycles. The number of benzene rings is 1. The summed E-state index contributed by atoms with van der Waals surface area (Å²) < 4.78 is 20.4. The van der Waals surface area contributed by atoms with Crippen LogP contribution in [0.15, 0.2) is 30.6 Å². The van der Waals surface area contributed by atoms with Gasteiger partial charge in [0.15, 0.2) is 5.82 Å². The van der Waals surface area contributed by atoms with E-state index in [4.69, 9.17) is 4.74 Å². The van der Waals surface area contributed by atoms with Gasteiger partial charge in [0, 0.05) is 50.7 Å². The zero-order valence-electron chi connectivity index (χ0n) is 19.4. The predicted octanol–water partition coefficient (Wildman–Crippen LogP) is 2.46. The first-order valence-corrected chi connectivity index (χ1v) is 12.2. The van der Waals surface area contributed by atoms with Crippen molar-refractivity contribution in [2.75, 3.05) is 55.7 Å². The standard InChI is InChI=1S/C25H32FN5O3/c26-23-20(16-32)2-1-3-22(23)30-12-10-29(11-13-30)21-14-27-25(28-15-21)34-17-18-6-8-31(9-7-18)24(33)19-4-5-19/h1-3,14-15,18-19,32H,4-13,16-17H2. The van der Waals surface area contributed by atoms with Crippen molar-refractivity contribution >= 4 is 17.3 Å². The van der Waals surface area contributed by atoms with Gasteiger partial charge in [-0.25, -0.2) is 14.4 Å². The van der Waals surface area contributed by atoms with E-state index in [0.29, 0.717) is 54.7 Å². The number of piperidine rings is 1. The molecule has 1 aromatic carbocycles. The van der Waals surface area contributed by atoms with Crippen molar-refractivity contribution < 1.29 is 19.0 Å². The van der Waals surface area contributed by atoms with E-state index in [1.165, 1.54) is 0 Å². The number of aliphatic hydroxyl groups is 1. The molecule has 1 N–H and O–H groups in total. The third kappa shape index (κ3) is 5.09. The van der Waals surface area contributed by atoms with Gasteiger partial charge in [-0.1, -0.05) is 12.1 Å². The Labute approximate surface area is 199 Å². The Hall–Kier alpha value is -2.94. The lowest BCUT2D eigenvalue weighted by Crippen LogP contribution is -2.47. The first kappa shape index (κ1) is 22.8. The number of carbonyl (C=O) groups excluding carboxylic acids is 1. The van der Waals surface area contributed by atoms with Gasteiger partial charge in [-0.15, -0.1) is 0 Å². The molecule has 3 fully saturated rings. The van der Waals surface area contributed by atoms with E-state index in [9.17, 15) is 14.3 Å². The maximum atomic E-state index is 14.6. The summed E-state index contributed by atoms with van der Waals surface area (Å²) in [6.07, 6.45) is 7.60. The van der Waals surface area contributed by atoms with Crippen molar-refractivity contribution in [2.24, 2.45) is 11.8 Å². The Bertz CT molecular complexity index is 985. The maximum Gasteiger partial charge on any atom is 0.316 e. The average molecular weight is 470 g/mol. The molecule has 5 rings (SSSR count). The van der Waals surface area contributed by atoms with E-state index in [1.807, 2.05) is 9.80 Å². The number of halogens is 1. The van der Waals surface area contributed by atoms with Crippen LogP contribution in [0, 0.1) is 17.7 Å². The van der Waals surface area contributed by atoms with Crippen molar-refractivity contribution in [1.82, 2.24) is 14.9 Å². The van der Waals surface area contributed by atoms with Gasteiger partial charge >= 0.3 is 6.01 Å². The molecule has 1 saturated carbocycles. The molecule has 1 amide bonds. The van der Waals surface area contributed by atoms with Gasteiger partial charge in [0.1, 0.15) is 0 Å². The van der Waals surface area contributed by atoms with E-state index in [-0.39, 0.29) is 12.4 Å². The molecule has 0 spiro atoms. The van der Waals surface area contributed by atoms with Gasteiger partial charge < -0.3 is 24.5 Å². The molecule has 34 heavy (non-hydrogen) atoms. The number of hydrogen-bond acceptors (Lipinski definition) is 7. The normalized spacial score (nSPS) is 19.4.